The van der Waals surface area contributed by atoms with Gasteiger partial charge in [-0.05, 0) is 13.8 Å². The number of hydrogen-bond acceptors (Lipinski definition) is 4. The van der Waals surface area contributed by atoms with Crippen LogP contribution >= 0.6 is 11.3 Å². The van der Waals surface area contributed by atoms with Gasteiger partial charge in [0.15, 0.2) is 0 Å². The molecular weight excluding hydrogens is 210 g/mol. The van der Waals surface area contributed by atoms with Gasteiger partial charge in [0.1, 0.15) is 5.01 Å². The van der Waals surface area contributed by atoms with Crippen LogP contribution in [-0.4, -0.2) is 24.5 Å². The molecule has 0 saturated heterocycles. The van der Waals surface area contributed by atoms with Crippen LogP contribution in [0.4, 0.5) is 0 Å². The van der Waals surface area contributed by atoms with Crippen molar-refractivity contribution in [3.63, 3.8) is 0 Å². The summed E-state index contributed by atoms with van der Waals surface area (Å²) in [5.74, 6) is 0.0532. The van der Waals surface area contributed by atoms with E-state index in [2.05, 4.69) is 29.5 Å². The highest BCUT2D eigenvalue weighted by Gasteiger charge is 2.22. The summed E-state index contributed by atoms with van der Waals surface area (Å²) in [7, 11) is 1.65. The third-order valence-electron chi connectivity index (χ3n) is 2.16. The molecule has 0 aliphatic rings. The number of aromatic nitrogens is 1. The van der Waals surface area contributed by atoms with E-state index in [1.807, 2.05) is 5.38 Å². The van der Waals surface area contributed by atoms with E-state index in [1.165, 1.54) is 0 Å². The highest BCUT2D eigenvalue weighted by molar-refractivity contribution is 7.09. The van der Waals surface area contributed by atoms with Gasteiger partial charge in [0.25, 0.3) is 0 Å². The fraction of sp³-hybridized carbons (Fsp3) is 0.600. The molecule has 0 aromatic carbocycles. The Balaban J connectivity index is 2.41. The summed E-state index contributed by atoms with van der Waals surface area (Å²) in [6, 6.07) is 0. The van der Waals surface area contributed by atoms with Gasteiger partial charge in [-0.1, -0.05) is 0 Å². The Morgan fingerprint density at radius 2 is 2.33 bits per heavy atom. The molecule has 0 bridgehead atoms. The van der Waals surface area contributed by atoms with Gasteiger partial charge in [0.05, 0.1) is 5.54 Å². The minimum atomic E-state index is -0.164. The Kier molecular flexibility index (Phi) is 4.23. The summed E-state index contributed by atoms with van der Waals surface area (Å²) in [5, 5.41) is 8.90. The molecule has 1 aromatic heterocycles. The van der Waals surface area contributed by atoms with E-state index in [1.54, 1.807) is 24.6 Å². The minimum absolute atomic E-state index is 0.0532. The topological polar surface area (TPSA) is 54.0 Å². The average molecular weight is 227 g/mol. The molecule has 1 heterocycles. The minimum Gasteiger partial charge on any atom is -0.359 e. The molecule has 0 aliphatic heterocycles. The number of rotatable bonds is 5. The van der Waals surface area contributed by atoms with E-state index in [9.17, 15) is 4.79 Å². The summed E-state index contributed by atoms with van der Waals surface area (Å²) >= 11 is 1.62. The van der Waals surface area contributed by atoms with Crippen LogP contribution in [0, 0.1) is 0 Å². The molecule has 1 aromatic rings. The number of amides is 1. The molecule has 0 radical (unpaired) electrons. The van der Waals surface area contributed by atoms with Crippen molar-refractivity contribution >= 4 is 17.2 Å². The second-order valence-corrected chi connectivity index (χ2v) is 4.71. The molecule has 0 spiro atoms. The van der Waals surface area contributed by atoms with Gasteiger partial charge in [-0.15, -0.1) is 11.3 Å². The van der Waals surface area contributed by atoms with Crippen LogP contribution in [-0.2, 0) is 10.3 Å². The van der Waals surface area contributed by atoms with Crippen LogP contribution in [0.25, 0.3) is 0 Å². The molecule has 1 amide bonds. The van der Waals surface area contributed by atoms with E-state index >= 15 is 0 Å². The lowest BCUT2D eigenvalue weighted by atomic mass is 10.1. The first kappa shape index (κ1) is 12.1. The van der Waals surface area contributed by atoms with Crippen LogP contribution in [0.3, 0.4) is 0 Å². The molecule has 1 rings (SSSR count). The van der Waals surface area contributed by atoms with E-state index in [-0.39, 0.29) is 11.4 Å². The van der Waals surface area contributed by atoms with E-state index in [0.717, 1.165) is 5.01 Å². The van der Waals surface area contributed by atoms with Gasteiger partial charge in [-0.3, -0.25) is 4.79 Å². The summed E-state index contributed by atoms with van der Waals surface area (Å²) < 4.78 is 0. The smallest absolute Gasteiger partial charge is 0.221 e. The van der Waals surface area contributed by atoms with Gasteiger partial charge in [-0.25, -0.2) is 4.98 Å². The SMILES string of the molecule is CNC(=O)CCNC(C)(C)c1nccs1. The number of carbonyl (C=O) groups excluding carboxylic acids is 1. The first-order valence-electron chi connectivity index (χ1n) is 4.92. The Bertz CT molecular complexity index is 308. The Morgan fingerprint density at radius 3 is 2.87 bits per heavy atom. The number of hydrogen-bond donors (Lipinski definition) is 2. The molecule has 15 heavy (non-hydrogen) atoms. The highest BCUT2D eigenvalue weighted by atomic mass is 32.1. The van der Waals surface area contributed by atoms with E-state index in [4.69, 9.17) is 0 Å². The van der Waals surface area contributed by atoms with Crippen molar-refractivity contribution in [2.75, 3.05) is 13.6 Å². The van der Waals surface area contributed by atoms with Crippen molar-refractivity contribution in [3.05, 3.63) is 16.6 Å². The lowest BCUT2D eigenvalue weighted by molar-refractivity contribution is -0.120. The number of carbonyl (C=O) groups is 1. The first-order chi connectivity index (χ1) is 7.06. The van der Waals surface area contributed by atoms with Gasteiger partial charge in [-0.2, -0.15) is 0 Å². The molecule has 0 fully saturated rings. The van der Waals surface area contributed by atoms with E-state index in [0.29, 0.717) is 13.0 Å². The predicted molar refractivity (Wildman–Crippen MR) is 61.8 cm³/mol. The molecule has 0 unspecified atom stereocenters. The van der Waals surface area contributed by atoms with Crippen molar-refractivity contribution < 1.29 is 4.79 Å². The van der Waals surface area contributed by atoms with Gasteiger partial charge in [0.2, 0.25) is 5.91 Å². The van der Waals surface area contributed by atoms with Crippen molar-refractivity contribution in [2.45, 2.75) is 25.8 Å². The first-order valence-corrected chi connectivity index (χ1v) is 5.80. The van der Waals surface area contributed by atoms with Gasteiger partial charge in [0, 0.05) is 31.6 Å². The monoisotopic (exact) mass is 227 g/mol. The summed E-state index contributed by atoms with van der Waals surface area (Å²) in [4.78, 5) is 15.3. The molecule has 4 nitrogen and oxygen atoms in total. The third-order valence-corrected chi connectivity index (χ3v) is 3.26. The molecule has 2 N–H and O–H groups in total. The Morgan fingerprint density at radius 1 is 1.60 bits per heavy atom. The van der Waals surface area contributed by atoms with Crippen LogP contribution in [0.2, 0.25) is 0 Å². The van der Waals surface area contributed by atoms with E-state index < -0.39 is 0 Å². The zero-order valence-electron chi connectivity index (χ0n) is 9.33. The highest BCUT2D eigenvalue weighted by Crippen LogP contribution is 2.21. The van der Waals surface area contributed by atoms with Crippen LogP contribution in [0.5, 0.6) is 0 Å². The fourth-order valence-corrected chi connectivity index (χ4v) is 1.96. The van der Waals surface area contributed by atoms with Crippen molar-refractivity contribution in [2.24, 2.45) is 0 Å². The Hall–Kier alpha value is -0.940. The fourth-order valence-electron chi connectivity index (χ4n) is 1.22. The molecule has 0 atom stereocenters. The lowest BCUT2D eigenvalue weighted by Crippen LogP contribution is -2.38. The zero-order chi connectivity index (χ0) is 11.3. The maximum atomic E-state index is 11.0. The Labute approximate surface area is 94.1 Å². The lowest BCUT2D eigenvalue weighted by Gasteiger charge is -2.23. The standard InChI is InChI=1S/C10H17N3OS/c1-10(2,9-12-6-7-15-9)13-5-4-8(14)11-3/h6-7,13H,4-5H2,1-3H3,(H,11,14). The average Bonchev–Trinajstić information content (AvgIpc) is 2.70. The van der Waals surface area contributed by atoms with Crippen molar-refractivity contribution in [3.8, 4) is 0 Å². The third kappa shape index (κ3) is 3.60. The summed E-state index contributed by atoms with van der Waals surface area (Å²) in [6.45, 7) is 4.79. The number of thiazole rings is 1. The van der Waals surface area contributed by atoms with Gasteiger partial charge < -0.3 is 10.6 Å². The second kappa shape index (κ2) is 5.23. The molecule has 5 heteroatoms. The van der Waals surface area contributed by atoms with Gasteiger partial charge >= 0.3 is 0 Å². The normalized spacial score (nSPS) is 11.4. The zero-order valence-corrected chi connectivity index (χ0v) is 10.1. The maximum absolute atomic E-state index is 11.0. The molecule has 0 aliphatic carbocycles. The predicted octanol–water partition coefficient (Wildman–Crippen LogP) is 1.10. The maximum Gasteiger partial charge on any atom is 0.221 e. The second-order valence-electron chi connectivity index (χ2n) is 3.81. The molecule has 0 saturated carbocycles. The summed E-state index contributed by atoms with van der Waals surface area (Å²) in [5.41, 5.74) is -0.164. The summed E-state index contributed by atoms with van der Waals surface area (Å²) in [6.07, 6.45) is 2.29. The number of nitrogens with one attached hydrogen (secondary N) is 2. The van der Waals surface area contributed by atoms with Crippen molar-refractivity contribution in [1.82, 2.24) is 15.6 Å². The van der Waals surface area contributed by atoms with Crippen LogP contribution in [0.1, 0.15) is 25.3 Å². The van der Waals surface area contributed by atoms with Crippen molar-refractivity contribution in [1.29, 1.82) is 0 Å². The largest absolute Gasteiger partial charge is 0.359 e. The van der Waals surface area contributed by atoms with Crippen LogP contribution in [0.15, 0.2) is 11.6 Å². The van der Waals surface area contributed by atoms with Crippen LogP contribution < -0.4 is 10.6 Å². The quantitative estimate of drug-likeness (QED) is 0.792. The molecule has 84 valence electrons. The number of nitrogens with zero attached hydrogens (tertiary/aromatic N) is 1. The molecular formula is C10H17N3OS.